The lowest BCUT2D eigenvalue weighted by molar-refractivity contribution is 0.0824. The maximum atomic E-state index is 13.0. The molecule has 1 aromatic heterocycles. The number of nitrogens with two attached hydrogens (primary N) is 1. The zero-order valence-electron chi connectivity index (χ0n) is 13.8. The first-order valence-electron chi connectivity index (χ1n) is 8.11. The van der Waals surface area contributed by atoms with E-state index in [-0.39, 0.29) is 12.1 Å². The van der Waals surface area contributed by atoms with Gasteiger partial charge >= 0.3 is 0 Å². The number of halogens is 3. The molecular formula is C16H20ClF2N5O. The molecule has 1 aliphatic rings. The van der Waals surface area contributed by atoms with Gasteiger partial charge in [0, 0.05) is 26.2 Å². The summed E-state index contributed by atoms with van der Waals surface area (Å²) in [6, 6.07) is 4.63. The van der Waals surface area contributed by atoms with Gasteiger partial charge < -0.3 is 10.7 Å². The Balaban J connectivity index is 2.01. The van der Waals surface area contributed by atoms with E-state index < -0.39 is 12.5 Å². The van der Waals surface area contributed by atoms with Crippen LogP contribution in [0.2, 0.25) is 5.02 Å². The quantitative estimate of drug-likeness (QED) is 0.884. The predicted molar refractivity (Wildman–Crippen MR) is 94.0 cm³/mol. The Morgan fingerprint density at radius 1 is 1.28 bits per heavy atom. The van der Waals surface area contributed by atoms with Crippen LogP contribution < -0.4 is 16.3 Å². The van der Waals surface area contributed by atoms with Gasteiger partial charge in [-0.2, -0.15) is 0 Å². The molecule has 1 aromatic carbocycles. The molecule has 1 fully saturated rings. The van der Waals surface area contributed by atoms with E-state index in [1.54, 1.807) is 35.0 Å². The summed E-state index contributed by atoms with van der Waals surface area (Å²) in [5.74, 6) is 0.432. The van der Waals surface area contributed by atoms with Crippen molar-refractivity contribution in [2.24, 2.45) is 5.73 Å². The molecule has 2 aromatic rings. The monoisotopic (exact) mass is 371 g/mol. The number of hydrogen-bond acceptors (Lipinski definition) is 5. The van der Waals surface area contributed by atoms with Crippen molar-refractivity contribution in [2.75, 3.05) is 37.7 Å². The molecule has 0 bridgehead atoms. The highest BCUT2D eigenvalue weighted by molar-refractivity contribution is 6.35. The van der Waals surface area contributed by atoms with Gasteiger partial charge in [-0.05, 0) is 19.1 Å². The third kappa shape index (κ3) is 3.61. The van der Waals surface area contributed by atoms with E-state index >= 15 is 0 Å². The summed E-state index contributed by atoms with van der Waals surface area (Å²) in [7, 11) is 0. The van der Waals surface area contributed by atoms with E-state index in [0.29, 0.717) is 47.9 Å². The molecule has 1 atom stereocenters. The molecule has 0 aliphatic carbocycles. The average molecular weight is 372 g/mol. The first-order valence-corrected chi connectivity index (χ1v) is 8.48. The van der Waals surface area contributed by atoms with Crippen LogP contribution in [0, 0.1) is 0 Å². The Morgan fingerprint density at radius 3 is 2.56 bits per heavy atom. The van der Waals surface area contributed by atoms with Crippen molar-refractivity contribution >= 4 is 22.5 Å². The molecule has 1 unspecified atom stereocenters. The predicted octanol–water partition coefficient (Wildman–Crippen LogP) is 1.59. The fourth-order valence-electron chi connectivity index (χ4n) is 3.08. The van der Waals surface area contributed by atoms with Crippen LogP contribution in [0.15, 0.2) is 23.0 Å². The highest BCUT2D eigenvalue weighted by Gasteiger charge is 2.24. The highest BCUT2D eigenvalue weighted by atomic mass is 35.5. The molecule has 0 saturated carbocycles. The van der Waals surface area contributed by atoms with Crippen molar-refractivity contribution in [2.45, 2.75) is 19.4 Å². The molecule has 0 amide bonds. The van der Waals surface area contributed by atoms with Crippen LogP contribution in [-0.2, 0) is 0 Å². The molecule has 2 heterocycles. The summed E-state index contributed by atoms with van der Waals surface area (Å²) in [4.78, 5) is 19.2. The van der Waals surface area contributed by atoms with Crippen molar-refractivity contribution in [3.8, 4) is 0 Å². The number of piperazine rings is 1. The Hall–Kier alpha value is -1.77. The summed E-state index contributed by atoms with van der Waals surface area (Å²) in [5.41, 5.74) is 6.23. The smallest absolute Gasteiger partial charge is 0.281 e. The molecule has 0 radical (unpaired) electrons. The fraction of sp³-hybridized carbons (Fsp3) is 0.500. The van der Waals surface area contributed by atoms with Crippen LogP contribution in [0.1, 0.15) is 18.8 Å². The van der Waals surface area contributed by atoms with Gasteiger partial charge in [0.25, 0.3) is 12.0 Å². The molecule has 2 N–H and O–H groups in total. The Labute approximate surface area is 148 Å². The molecule has 9 heteroatoms. The number of benzene rings is 1. The first kappa shape index (κ1) is 18.0. The van der Waals surface area contributed by atoms with E-state index in [1.165, 1.54) is 4.68 Å². The number of aromatic nitrogens is 2. The Kier molecular flexibility index (Phi) is 5.21. The lowest BCUT2D eigenvalue weighted by Crippen LogP contribution is -2.56. The largest absolute Gasteiger partial charge is 0.322 e. The number of hydrogen-bond donors (Lipinski definition) is 1. The van der Waals surface area contributed by atoms with Gasteiger partial charge in [-0.25, -0.2) is 18.4 Å². The zero-order valence-corrected chi connectivity index (χ0v) is 14.6. The normalized spacial score (nSPS) is 17.4. The van der Waals surface area contributed by atoms with Crippen molar-refractivity contribution in [3.05, 3.63) is 39.4 Å². The maximum Gasteiger partial charge on any atom is 0.281 e. The highest BCUT2D eigenvalue weighted by Crippen LogP contribution is 2.20. The van der Waals surface area contributed by atoms with Crippen LogP contribution in [-0.4, -0.2) is 53.7 Å². The molecule has 0 spiro atoms. The van der Waals surface area contributed by atoms with Crippen molar-refractivity contribution in [3.63, 3.8) is 0 Å². The summed E-state index contributed by atoms with van der Waals surface area (Å²) < 4.78 is 26.5. The average Bonchev–Trinajstić information content (AvgIpc) is 2.55. The van der Waals surface area contributed by atoms with E-state index in [2.05, 4.69) is 4.98 Å². The Bertz CT molecular complexity index is 818. The molecule has 3 rings (SSSR count). The summed E-state index contributed by atoms with van der Waals surface area (Å²) in [5, 5.41) is 2.47. The second kappa shape index (κ2) is 7.23. The van der Waals surface area contributed by atoms with Crippen LogP contribution in [0.25, 0.3) is 10.9 Å². The summed E-state index contributed by atoms with van der Waals surface area (Å²) >= 11 is 6.19. The van der Waals surface area contributed by atoms with Gasteiger partial charge in [-0.15, -0.1) is 0 Å². The van der Waals surface area contributed by atoms with E-state index in [1.807, 2.05) is 0 Å². The second-order valence-electron chi connectivity index (χ2n) is 6.15. The number of fused-ring (bicyclic) bond motifs is 1. The molecule has 6 nitrogen and oxygen atoms in total. The van der Waals surface area contributed by atoms with Crippen LogP contribution >= 0.6 is 11.6 Å². The Morgan fingerprint density at radius 2 is 1.96 bits per heavy atom. The number of alkyl halides is 2. The third-order valence-corrected chi connectivity index (χ3v) is 4.60. The van der Waals surface area contributed by atoms with Gasteiger partial charge in [0.1, 0.15) is 5.82 Å². The topological polar surface area (TPSA) is 67.4 Å². The van der Waals surface area contributed by atoms with E-state index in [9.17, 15) is 13.6 Å². The fourth-order valence-corrected chi connectivity index (χ4v) is 3.33. The first-order chi connectivity index (χ1) is 11.9. The van der Waals surface area contributed by atoms with Gasteiger partial charge in [-0.1, -0.05) is 17.7 Å². The number of nitrogens with zero attached hydrogens (tertiary/aromatic N) is 4. The molecule has 1 aliphatic heterocycles. The minimum atomic E-state index is -2.37. The van der Waals surface area contributed by atoms with Crippen molar-refractivity contribution < 1.29 is 8.78 Å². The molecule has 1 saturated heterocycles. The summed E-state index contributed by atoms with van der Waals surface area (Å²) in [6.07, 6.45) is -2.37. The maximum absolute atomic E-state index is 13.0. The minimum Gasteiger partial charge on any atom is -0.322 e. The molecular weight excluding hydrogens is 352 g/mol. The SMILES string of the molecule is CC(N)c1nc2cccc(Cl)c2c(=O)n1N1CCN(CC(F)F)CC1. The van der Waals surface area contributed by atoms with E-state index in [4.69, 9.17) is 17.3 Å². The minimum absolute atomic E-state index is 0.259. The van der Waals surface area contributed by atoms with Gasteiger partial charge in [0.15, 0.2) is 0 Å². The van der Waals surface area contributed by atoms with E-state index in [0.717, 1.165) is 0 Å². The molecule has 25 heavy (non-hydrogen) atoms. The van der Waals surface area contributed by atoms with Crippen LogP contribution in [0.4, 0.5) is 8.78 Å². The zero-order chi connectivity index (χ0) is 18.1. The van der Waals surface area contributed by atoms with Gasteiger partial charge in [-0.3, -0.25) is 9.69 Å². The van der Waals surface area contributed by atoms with Crippen LogP contribution in [0.3, 0.4) is 0 Å². The van der Waals surface area contributed by atoms with Crippen LogP contribution in [0.5, 0.6) is 0 Å². The van der Waals surface area contributed by atoms with Crippen molar-refractivity contribution in [1.82, 2.24) is 14.6 Å². The van der Waals surface area contributed by atoms with Gasteiger partial charge in [0.2, 0.25) is 0 Å². The third-order valence-electron chi connectivity index (χ3n) is 4.28. The number of rotatable bonds is 4. The lowest BCUT2D eigenvalue weighted by Gasteiger charge is -2.37. The lowest BCUT2D eigenvalue weighted by atomic mass is 10.2. The standard InChI is InChI=1S/C16H20ClF2N5O/c1-10(20)15-21-12-4-2-3-11(17)14(12)16(25)24(15)23-7-5-22(6-8-23)9-13(18)19/h2-4,10,13H,5-9,20H2,1H3. The van der Waals surface area contributed by atoms with Gasteiger partial charge in [0.05, 0.1) is 28.5 Å². The second-order valence-corrected chi connectivity index (χ2v) is 6.56. The molecule has 136 valence electrons. The van der Waals surface area contributed by atoms with Crippen molar-refractivity contribution in [1.29, 1.82) is 0 Å². The summed E-state index contributed by atoms with van der Waals surface area (Å²) in [6.45, 7) is 3.24.